The number of allylic oxidation sites excluding steroid dienone is 4. The lowest BCUT2D eigenvalue weighted by atomic mass is 9.95. The Kier molecular flexibility index (Phi) is 10.4. The van der Waals surface area contributed by atoms with Gasteiger partial charge in [0.05, 0.1) is 0 Å². The standard InChI is InChI=1S/C38H31ClN2O4S2/c1-2-41-34-19-13-26(36(42)25-9-5-3-6-10-25)23-31(34)32-24-27(14-20-35(32)41)37(43)33(21-22-46-29-17-15-28(39)16-18-29)40-45-38(44)47-30-11-7-4-8-12-30/h3-5,7-8,10-20,23-24H,2,6,9,21-22H2,1H3. The van der Waals surface area contributed by atoms with Crippen molar-refractivity contribution in [1.29, 1.82) is 0 Å². The molecular formula is C38H31ClN2O4S2. The van der Waals surface area contributed by atoms with E-state index < -0.39 is 5.30 Å². The third-order valence-corrected chi connectivity index (χ3v) is 9.87. The first-order valence-electron chi connectivity index (χ1n) is 15.3. The van der Waals surface area contributed by atoms with E-state index >= 15 is 0 Å². The number of hydrogen-bond acceptors (Lipinski definition) is 7. The van der Waals surface area contributed by atoms with Crippen molar-refractivity contribution >= 4 is 79.5 Å². The molecule has 0 amide bonds. The van der Waals surface area contributed by atoms with Crippen LogP contribution in [0.3, 0.4) is 0 Å². The molecular weight excluding hydrogens is 648 g/mol. The molecule has 9 heteroatoms. The molecule has 47 heavy (non-hydrogen) atoms. The van der Waals surface area contributed by atoms with E-state index in [1.807, 2.05) is 84.9 Å². The summed E-state index contributed by atoms with van der Waals surface area (Å²) in [6.07, 6.45) is 7.72. The average molecular weight is 679 g/mol. The number of fused-ring (bicyclic) bond motifs is 3. The van der Waals surface area contributed by atoms with Crippen LogP contribution in [0.1, 0.15) is 46.9 Å². The molecule has 0 fully saturated rings. The minimum atomic E-state index is -0.630. The Bertz CT molecular complexity index is 2060. The van der Waals surface area contributed by atoms with Crippen molar-refractivity contribution in [3.8, 4) is 0 Å². The molecule has 0 saturated carbocycles. The summed E-state index contributed by atoms with van der Waals surface area (Å²) in [6.45, 7) is 2.79. The van der Waals surface area contributed by atoms with Gasteiger partial charge in [0.1, 0.15) is 5.71 Å². The normalized spacial score (nSPS) is 13.1. The maximum Gasteiger partial charge on any atom is 0.398 e. The fourth-order valence-electron chi connectivity index (χ4n) is 5.56. The minimum absolute atomic E-state index is 0.0173. The largest absolute Gasteiger partial charge is 0.398 e. The first-order chi connectivity index (χ1) is 22.9. The number of rotatable bonds is 11. The Labute approximate surface area is 286 Å². The predicted octanol–water partition coefficient (Wildman–Crippen LogP) is 10.6. The summed E-state index contributed by atoms with van der Waals surface area (Å²) in [7, 11) is 0. The third kappa shape index (κ3) is 7.62. The number of aromatic nitrogens is 1. The van der Waals surface area contributed by atoms with Gasteiger partial charge in [-0.1, -0.05) is 53.2 Å². The molecule has 6 nitrogen and oxygen atoms in total. The second-order valence-electron chi connectivity index (χ2n) is 10.9. The first-order valence-corrected chi connectivity index (χ1v) is 17.5. The molecule has 1 aromatic heterocycles. The lowest BCUT2D eigenvalue weighted by Gasteiger charge is -2.08. The second-order valence-corrected chi connectivity index (χ2v) is 13.5. The number of nitrogens with zero attached hydrogens (tertiary/aromatic N) is 2. The highest BCUT2D eigenvalue weighted by atomic mass is 35.5. The number of carbonyl (C=O) groups is 3. The van der Waals surface area contributed by atoms with Gasteiger partial charge < -0.3 is 9.40 Å². The summed E-state index contributed by atoms with van der Waals surface area (Å²) in [4.78, 5) is 47.0. The van der Waals surface area contributed by atoms with Gasteiger partial charge in [-0.2, -0.15) is 0 Å². The van der Waals surface area contributed by atoms with E-state index in [0.717, 1.165) is 57.0 Å². The summed E-state index contributed by atoms with van der Waals surface area (Å²) in [5.41, 5.74) is 3.92. The van der Waals surface area contributed by atoms with Gasteiger partial charge in [0.15, 0.2) is 5.78 Å². The second kappa shape index (κ2) is 15.0. The molecule has 0 saturated heterocycles. The van der Waals surface area contributed by atoms with Crippen LogP contribution in [0.15, 0.2) is 130 Å². The molecule has 0 bridgehead atoms. The van der Waals surface area contributed by atoms with Crippen LogP contribution in [0.5, 0.6) is 0 Å². The fourth-order valence-corrected chi connectivity index (χ4v) is 7.10. The summed E-state index contributed by atoms with van der Waals surface area (Å²) in [5, 5.41) is 5.88. The third-order valence-electron chi connectivity index (χ3n) is 7.86. The van der Waals surface area contributed by atoms with E-state index in [1.165, 1.54) is 0 Å². The smallest absolute Gasteiger partial charge is 0.341 e. The number of halogens is 1. The fraction of sp³-hybridized carbons (Fsp3) is 0.158. The van der Waals surface area contributed by atoms with Crippen LogP contribution >= 0.6 is 35.1 Å². The molecule has 0 spiro atoms. The van der Waals surface area contributed by atoms with Gasteiger partial charge in [0, 0.05) is 72.0 Å². The molecule has 236 valence electrons. The topological polar surface area (TPSA) is 77.7 Å². The zero-order chi connectivity index (χ0) is 32.8. The maximum atomic E-state index is 14.0. The number of ketones is 2. The van der Waals surface area contributed by atoms with Crippen molar-refractivity contribution in [3.63, 3.8) is 0 Å². The Morgan fingerprint density at radius 1 is 0.851 bits per heavy atom. The SMILES string of the molecule is CCn1c2ccc(C(=O)C3=CCC=CC3)cc2c2cc(C(=O)C(CCSc3ccc(Cl)cc3)=NOC(=O)Sc3ccccc3)ccc21. The monoisotopic (exact) mass is 678 g/mol. The van der Waals surface area contributed by atoms with E-state index in [1.54, 1.807) is 30.0 Å². The van der Waals surface area contributed by atoms with Crippen molar-refractivity contribution < 1.29 is 19.2 Å². The van der Waals surface area contributed by atoms with Crippen LogP contribution < -0.4 is 0 Å². The van der Waals surface area contributed by atoms with Gasteiger partial charge in [0.2, 0.25) is 5.78 Å². The molecule has 0 atom stereocenters. The number of carbonyl (C=O) groups excluding carboxylic acids is 3. The number of aryl methyl sites for hydroxylation is 1. The van der Waals surface area contributed by atoms with Crippen molar-refractivity contribution in [1.82, 2.24) is 4.57 Å². The summed E-state index contributed by atoms with van der Waals surface area (Å²) in [6, 6.07) is 27.9. The quantitative estimate of drug-likeness (QED) is 0.0345. The van der Waals surface area contributed by atoms with Crippen LogP contribution in [-0.4, -0.2) is 32.9 Å². The van der Waals surface area contributed by atoms with Gasteiger partial charge in [-0.05, 0) is 104 Å². The lowest BCUT2D eigenvalue weighted by molar-refractivity contribution is 0.102. The average Bonchev–Trinajstić information content (AvgIpc) is 3.43. The summed E-state index contributed by atoms with van der Waals surface area (Å²) >= 11 is 8.49. The highest BCUT2D eigenvalue weighted by Gasteiger charge is 2.21. The zero-order valence-corrected chi connectivity index (χ0v) is 28.0. The van der Waals surface area contributed by atoms with E-state index in [9.17, 15) is 14.4 Å². The van der Waals surface area contributed by atoms with Crippen molar-refractivity contribution in [2.75, 3.05) is 5.75 Å². The van der Waals surface area contributed by atoms with Crippen LogP contribution in [0.2, 0.25) is 5.02 Å². The highest BCUT2D eigenvalue weighted by Crippen LogP contribution is 2.32. The van der Waals surface area contributed by atoms with E-state index in [2.05, 4.69) is 22.7 Å². The molecule has 5 aromatic rings. The summed E-state index contributed by atoms with van der Waals surface area (Å²) < 4.78 is 2.18. The number of hydrogen-bond donors (Lipinski definition) is 0. The molecule has 0 aliphatic heterocycles. The van der Waals surface area contributed by atoms with Gasteiger partial charge in [-0.25, -0.2) is 4.79 Å². The molecule has 0 N–H and O–H groups in total. The Morgan fingerprint density at radius 2 is 1.55 bits per heavy atom. The molecule has 4 aromatic carbocycles. The van der Waals surface area contributed by atoms with Crippen molar-refractivity contribution in [2.24, 2.45) is 5.16 Å². The predicted molar refractivity (Wildman–Crippen MR) is 193 cm³/mol. The van der Waals surface area contributed by atoms with Gasteiger partial charge >= 0.3 is 5.30 Å². The maximum absolute atomic E-state index is 14.0. The van der Waals surface area contributed by atoms with Crippen LogP contribution in [-0.2, 0) is 11.4 Å². The van der Waals surface area contributed by atoms with E-state index in [4.69, 9.17) is 16.4 Å². The lowest BCUT2D eigenvalue weighted by Crippen LogP contribution is -2.16. The number of thioether (sulfide) groups is 2. The van der Waals surface area contributed by atoms with Crippen LogP contribution in [0.25, 0.3) is 21.8 Å². The van der Waals surface area contributed by atoms with Crippen molar-refractivity contribution in [3.05, 3.63) is 131 Å². The Morgan fingerprint density at radius 3 is 2.23 bits per heavy atom. The zero-order valence-electron chi connectivity index (χ0n) is 25.6. The first kappa shape index (κ1) is 32.6. The number of oxime groups is 1. The number of Topliss-reactive ketones (excluding diaryl/α,β-unsaturated/α-hetero) is 2. The molecule has 1 aliphatic carbocycles. The number of benzene rings is 4. The molecule has 6 rings (SSSR count). The summed E-state index contributed by atoms with van der Waals surface area (Å²) in [5.74, 6) is 0.220. The van der Waals surface area contributed by atoms with E-state index in [0.29, 0.717) is 33.2 Å². The van der Waals surface area contributed by atoms with Crippen molar-refractivity contribution in [2.45, 2.75) is 42.5 Å². The van der Waals surface area contributed by atoms with E-state index in [-0.39, 0.29) is 23.7 Å². The van der Waals surface area contributed by atoms with Gasteiger partial charge in [0.25, 0.3) is 0 Å². The Balaban J connectivity index is 1.31. The minimum Gasteiger partial charge on any atom is -0.341 e. The van der Waals surface area contributed by atoms with Gasteiger partial charge in [-0.3, -0.25) is 9.59 Å². The molecule has 1 heterocycles. The van der Waals surface area contributed by atoms with Crippen LogP contribution in [0, 0.1) is 0 Å². The van der Waals surface area contributed by atoms with Gasteiger partial charge in [-0.15, -0.1) is 11.8 Å². The van der Waals surface area contributed by atoms with Crippen LogP contribution in [0.4, 0.5) is 4.79 Å². The molecule has 0 radical (unpaired) electrons. The molecule has 0 unspecified atom stereocenters. The highest BCUT2D eigenvalue weighted by molar-refractivity contribution is 8.13. The Hall–Kier alpha value is -4.37. The molecule has 1 aliphatic rings.